The van der Waals surface area contributed by atoms with Crippen molar-refractivity contribution in [2.45, 2.75) is 26.2 Å². The molecule has 0 aliphatic carbocycles. The van der Waals surface area contributed by atoms with Crippen LogP contribution in [0.3, 0.4) is 0 Å². The van der Waals surface area contributed by atoms with E-state index in [0.717, 1.165) is 29.7 Å². The van der Waals surface area contributed by atoms with Gasteiger partial charge in [0.05, 0.1) is 20.3 Å². The summed E-state index contributed by atoms with van der Waals surface area (Å²) in [4.78, 5) is 0. The molecule has 1 fully saturated rings. The Hall–Kier alpha value is -0.830. The molecule has 0 saturated carbocycles. The lowest BCUT2D eigenvalue weighted by atomic mass is 9.86. The van der Waals surface area contributed by atoms with Gasteiger partial charge in [0, 0.05) is 25.1 Å². The lowest BCUT2D eigenvalue weighted by Gasteiger charge is -2.33. The summed E-state index contributed by atoms with van der Waals surface area (Å²) in [5.41, 5.74) is 1.14. The first-order valence-electron chi connectivity index (χ1n) is 7.36. The molecule has 1 aliphatic heterocycles. The third-order valence-corrected chi connectivity index (χ3v) is 6.72. The van der Waals surface area contributed by atoms with Crippen LogP contribution in [0.2, 0.25) is 0 Å². The molecule has 0 bridgehead atoms. The van der Waals surface area contributed by atoms with E-state index in [-0.39, 0.29) is 5.41 Å². The predicted molar refractivity (Wildman–Crippen MR) is 87.3 cm³/mol. The zero-order valence-corrected chi connectivity index (χ0v) is 14.6. The van der Waals surface area contributed by atoms with Gasteiger partial charge in [0.1, 0.15) is 5.75 Å². The summed E-state index contributed by atoms with van der Waals surface area (Å²) in [6.07, 6.45) is 0. The van der Waals surface area contributed by atoms with Gasteiger partial charge in [0.15, 0.2) is 7.29 Å². The van der Waals surface area contributed by atoms with Crippen molar-refractivity contribution >= 4 is 12.6 Å². The van der Waals surface area contributed by atoms with E-state index in [1.807, 2.05) is 29.5 Å². The summed E-state index contributed by atoms with van der Waals surface area (Å²) in [5.74, 6) is 0.815. The molecule has 1 aromatic rings. The van der Waals surface area contributed by atoms with E-state index in [2.05, 4.69) is 20.8 Å². The summed E-state index contributed by atoms with van der Waals surface area (Å²) in [6, 6.07) is 5.97. The number of morpholine rings is 1. The highest BCUT2D eigenvalue weighted by molar-refractivity contribution is 7.68. The summed E-state index contributed by atoms with van der Waals surface area (Å²) in [5, 5.41) is 0.856. The first kappa shape index (κ1) is 16.5. The SMILES string of the molecule is COc1cc(P(C)(=O)N2CCOCC2)ccc1C(C)(C)C. The summed E-state index contributed by atoms with van der Waals surface area (Å²) in [6.45, 7) is 11.0. The first-order valence-corrected chi connectivity index (χ1v) is 9.47. The van der Waals surface area contributed by atoms with E-state index >= 15 is 0 Å². The molecule has 0 radical (unpaired) electrons. The van der Waals surface area contributed by atoms with Crippen molar-refractivity contribution in [2.24, 2.45) is 0 Å². The Balaban J connectivity index is 2.38. The van der Waals surface area contributed by atoms with Crippen LogP contribution in [0.25, 0.3) is 0 Å². The Morgan fingerprint density at radius 1 is 1.24 bits per heavy atom. The van der Waals surface area contributed by atoms with Crippen molar-refractivity contribution in [3.63, 3.8) is 0 Å². The van der Waals surface area contributed by atoms with Crippen LogP contribution in [0.15, 0.2) is 18.2 Å². The molecule has 0 spiro atoms. The van der Waals surface area contributed by atoms with Gasteiger partial charge in [0.2, 0.25) is 0 Å². The average molecular weight is 311 g/mol. The number of rotatable bonds is 3. The topological polar surface area (TPSA) is 38.8 Å². The second kappa shape index (κ2) is 6.12. The Labute approximate surface area is 127 Å². The first-order chi connectivity index (χ1) is 9.76. The third-order valence-electron chi connectivity index (χ3n) is 4.00. The van der Waals surface area contributed by atoms with Gasteiger partial charge in [-0.3, -0.25) is 0 Å². The Kier molecular flexibility index (Phi) is 4.82. The average Bonchev–Trinajstić information content (AvgIpc) is 2.46. The highest BCUT2D eigenvalue weighted by Gasteiger charge is 2.30. The Bertz CT molecular complexity index is 545. The molecule has 118 valence electrons. The van der Waals surface area contributed by atoms with E-state index in [1.165, 1.54) is 0 Å². The zero-order chi connectivity index (χ0) is 15.7. The maximum absolute atomic E-state index is 13.2. The number of nitrogens with zero attached hydrogens (tertiary/aromatic N) is 1. The third kappa shape index (κ3) is 3.50. The van der Waals surface area contributed by atoms with Crippen LogP contribution in [0.4, 0.5) is 0 Å². The quantitative estimate of drug-likeness (QED) is 0.805. The van der Waals surface area contributed by atoms with Crippen LogP contribution in [0.1, 0.15) is 26.3 Å². The van der Waals surface area contributed by atoms with E-state index in [4.69, 9.17) is 9.47 Å². The Morgan fingerprint density at radius 2 is 1.86 bits per heavy atom. The van der Waals surface area contributed by atoms with Gasteiger partial charge < -0.3 is 14.0 Å². The number of methoxy groups -OCH3 is 1. The van der Waals surface area contributed by atoms with E-state index in [0.29, 0.717) is 13.2 Å². The molecule has 1 saturated heterocycles. The standard InChI is InChI=1S/C16H26NO3P/c1-16(2,3)14-7-6-13(12-15(14)19-4)21(5,18)17-8-10-20-11-9-17/h6-7,12H,8-11H2,1-5H3. The van der Waals surface area contributed by atoms with Crippen LogP contribution in [0, 0.1) is 0 Å². The Morgan fingerprint density at radius 3 is 2.38 bits per heavy atom. The maximum atomic E-state index is 13.2. The smallest absolute Gasteiger partial charge is 0.176 e. The van der Waals surface area contributed by atoms with Gasteiger partial charge in [0.25, 0.3) is 0 Å². The molecule has 1 unspecified atom stereocenters. The van der Waals surface area contributed by atoms with Crippen LogP contribution in [-0.4, -0.2) is 44.7 Å². The van der Waals surface area contributed by atoms with E-state index < -0.39 is 7.29 Å². The van der Waals surface area contributed by atoms with E-state index in [9.17, 15) is 4.57 Å². The van der Waals surface area contributed by atoms with E-state index in [1.54, 1.807) is 7.11 Å². The molecule has 5 heteroatoms. The van der Waals surface area contributed by atoms with Crippen molar-refractivity contribution in [2.75, 3.05) is 40.1 Å². The van der Waals surface area contributed by atoms with Crippen molar-refractivity contribution in [3.8, 4) is 5.75 Å². The monoisotopic (exact) mass is 311 g/mol. The van der Waals surface area contributed by atoms with Crippen LogP contribution < -0.4 is 10.0 Å². The lowest BCUT2D eigenvalue weighted by molar-refractivity contribution is 0.0729. The van der Waals surface area contributed by atoms with Gasteiger partial charge in [-0.1, -0.05) is 26.8 Å². The molecular weight excluding hydrogens is 285 g/mol. The molecule has 0 aromatic heterocycles. The molecule has 1 aromatic carbocycles. The number of hydrogen-bond donors (Lipinski definition) is 0. The molecule has 2 rings (SSSR count). The lowest BCUT2D eigenvalue weighted by Crippen LogP contribution is -2.36. The molecule has 1 heterocycles. The van der Waals surface area contributed by atoms with Gasteiger partial charge >= 0.3 is 0 Å². The van der Waals surface area contributed by atoms with Crippen molar-refractivity contribution in [3.05, 3.63) is 23.8 Å². The van der Waals surface area contributed by atoms with Gasteiger partial charge in [-0.25, -0.2) is 4.67 Å². The summed E-state index contributed by atoms with van der Waals surface area (Å²) < 4.78 is 26.1. The van der Waals surface area contributed by atoms with Crippen molar-refractivity contribution < 1.29 is 14.0 Å². The minimum Gasteiger partial charge on any atom is -0.496 e. The molecule has 0 amide bonds. The fourth-order valence-corrected chi connectivity index (χ4v) is 4.62. The largest absolute Gasteiger partial charge is 0.496 e. The van der Waals surface area contributed by atoms with Crippen molar-refractivity contribution in [1.29, 1.82) is 0 Å². The van der Waals surface area contributed by atoms with Crippen LogP contribution in [-0.2, 0) is 14.7 Å². The minimum absolute atomic E-state index is 0.000563. The van der Waals surface area contributed by atoms with Crippen molar-refractivity contribution in [1.82, 2.24) is 4.67 Å². The summed E-state index contributed by atoms with van der Waals surface area (Å²) in [7, 11) is -0.889. The highest BCUT2D eigenvalue weighted by Crippen LogP contribution is 2.46. The molecule has 0 N–H and O–H groups in total. The fraction of sp³-hybridized carbons (Fsp3) is 0.625. The zero-order valence-electron chi connectivity index (χ0n) is 13.7. The molecule has 1 atom stereocenters. The fourth-order valence-electron chi connectivity index (χ4n) is 2.66. The normalized spacial score (nSPS) is 20.0. The molecule has 21 heavy (non-hydrogen) atoms. The molecule has 1 aliphatic rings. The number of hydrogen-bond acceptors (Lipinski definition) is 3. The highest BCUT2D eigenvalue weighted by atomic mass is 31.2. The predicted octanol–water partition coefficient (Wildman–Crippen LogP) is 2.86. The molecular formula is C16H26NO3P. The number of ether oxygens (including phenoxy) is 2. The maximum Gasteiger partial charge on any atom is 0.176 e. The van der Waals surface area contributed by atoms with Gasteiger partial charge in [-0.2, -0.15) is 0 Å². The second-order valence-electron chi connectivity index (χ2n) is 6.58. The van der Waals surface area contributed by atoms with Crippen LogP contribution >= 0.6 is 7.29 Å². The van der Waals surface area contributed by atoms with Gasteiger partial charge in [-0.15, -0.1) is 0 Å². The summed E-state index contributed by atoms with van der Waals surface area (Å²) >= 11 is 0. The minimum atomic E-state index is -2.56. The molecule has 4 nitrogen and oxygen atoms in total. The van der Waals surface area contributed by atoms with Gasteiger partial charge in [-0.05, 0) is 23.1 Å². The van der Waals surface area contributed by atoms with Crippen LogP contribution in [0.5, 0.6) is 5.75 Å². The number of benzene rings is 1. The second-order valence-corrected chi connectivity index (χ2v) is 9.42.